The van der Waals surface area contributed by atoms with E-state index in [0.717, 1.165) is 0 Å². The van der Waals surface area contributed by atoms with E-state index in [1.165, 1.54) is 31.4 Å². The number of rotatable bonds is 3. The van der Waals surface area contributed by atoms with E-state index in [4.69, 9.17) is 0 Å². The van der Waals surface area contributed by atoms with E-state index >= 15 is 0 Å². The molecule has 0 amide bonds. The molecule has 0 aliphatic rings. The minimum atomic E-state index is -0.797. The second-order valence-electron chi connectivity index (χ2n) is 4.34. The molecule has 0 aliphatic carbocycles. The van der Waals surface area contributed by atoms with E-state index < -0.39 is 17.5 Å². The number of hydrogen-bond donors (Lipinski definition) is 0. The van der Waals surface area contributed by atoms with E-state index in [2.05, 4.69) is 16.6 Å². The number of ether oxygens (including phenoxy) is 1. The fourth-order valence-corrected chi connectivity index (χ4v) is 1.71. The first-order valence-electron chi connectivity index (χ1n) is 6.46. The highest BCUT2D eigenvalue weighted by atomic mass is 16.5. The maximum Gasteiger partial charge on any atom is 0.337 e. The number of carbonyl (C=O) groups excluding carboxylic acids is 3. The van der Waals surface area contributed by atoms with Crippen LogP contribution in [0.25, 0.3) is 0 Å². The Labute approximate surface area is 127 Å². The van der Waals surface area contributed by atoms with Crippen LogP contribution in [0.4, 0.5) is 0 Å². The lowest BCUT2D eigenvalue weighted by atomic mass is 10.1. The summed E-state index contributed by atoms with van der Waals surface area (Å²) in [6.07, 6.45) is 0. The quantitative estimate of drug-likeness (QED) is 0.377. The van der Waals surface area contributed by atoms with Gasteiger partial charge < -0.3 is 4.74 Å². The monoisotopic (exact) mass is 292 g/mol. The van der Waals surface area contributed by atoms with Gasteiger partial charge in [0.15, 0.2) is 0 Å². The molecule has 0 heterocycles. The van der Waals surface area contributed by atoms with Crippen LogP contribution in [-0.4, -0.2) is 24.6 Å². The summed E-state index contributed by atoms with van der Waals surface area (Å²) >= 11 is 0. The molecule has 0 radical (unpaired) electrons. The third-order valence-electron chi connectivity index (χ3n) is 2.87. The van der Waals surface area contributed by atoms with Crippen molar-refractivity contribution < 1.29 is 19.1 Å². The zero-order chi connectivity index (χ0) is 15.9. The molecule has 2 rings (SSSR count). The van der Waals surface area contributed by atoms with Crippen LogP contribution in [0, 0.1) is 11.8 Å². The van der Waals surface area contributed by atoms with Crippen LogP contribution >= 0.6 is 0 Å². The number of hydrogen-bond acceptors (Lipinski definition) is 4. The Morgan fingerprint density at radius 2 is 1.45 bits per heavy atom. The highest BCUT2D eigenvalue weighted by Crippen LogP contribution is 2.07. The summed E-state index contributed by atoms with van der Waals surface area (Å²) in [7, 11) is 1.27. The summed E-state index contributed by atoms with van der Waals surface area (Å²) < 4.78 is 4.56. The smallest absolute Gasteiger partial charge is 0.337 e. The minimum absolute atomic E-state index is 0.181. The van der Waals surface area contributed by atoms with Crippen LogP contribution in [0.5, 0.6) is 0 Å². The summed E-state index contributed by atoms with van der Waals surface area (Å²) in [4.78, 5) is 35.0. The molecule has 2 aromatic rings. The average Bonchev–Trinajstić information content (AvgIpc) is 2.59. The van der Waals surface area contributed by atoms with Crippen LogP contribution in [-0.2, 0) is 9.53 Å². The van der Waals surface area contributed by atoms with Crippen LogP contribution in [0.3, 0.4) is 0 Å². The highest BCUT2D eigenvalue weighted by molar-refractivity contribution is 6.49. The van der Waals surface area contributed by atoms with Crippen LogP contribution in [0.15, 0.2) is 54.6 Å². The topological polar surface area (TPSA) is 60.4 Å². The zero-order valence-electron chi connectivity index (χ0n) is 11.8. The second-order valence-corrected chi connectivity index (χ2v) is 4.34. The van der Waals surface area contributed by atoms with E-state index in [0.29, 0.717) is 11.1 Å². The van der Waals surface area contributed by atoms with Gasteiger partial charge >= 0.3 is 5.97 Å². The lowest BCUT2D eigenvalue weighted by Gasteiger charge is -2.00. The molecule has 0 unspecified atom stereocenters. The fraction of sp³-hybridized carbons (Fsp3) is 0.0556. The van der Waals surface area contributed by atoms with Gasteiger partial charge in [0.1, 0.15) is 0 Å². The van der Waals surface area contributed by atoms with Crippen molar-refractivity contribution in [2.45, 2.75) is 0 Å². The molecule has 0 N–H and O–H groups in total. The lowest BCUT2D eigenvalue weighted by molar-refractivity contribution is -0.110. The molecule has 22 heavy (non-hydrogen) atoms. The number of methoxy groups -OCH3 is 1. The van der Waals surface area contributed by atoms with Gasteiger partial charge in [0.2, 0.25) is 5.78 Å². The Kier molecular flexibility index (Phi) is 4.84. The van der Waals surface area contributed by atoms with Gasteiger partial charge in [-0.2, -0.15) is 0 Å². The molecule has 0 atom stereocenters. The Morgan fingerprint density at radius 1 is 0.864 bits per heavy atom. The standard InChI is InChI=1S/C18H12O4/c1-22-18(21)15-10-8-14(9-11-15)17(20)16(19)12-7-13-5-3-2-4-6-13/h2-6,8-11H,1H3. The van der Waals surface area contributed by atoms with Crippen molar-refractivity contribution in [3.8, 4) is 11.8 Å². The fourth-order valence-electron chi connectivity index (χ4n) is 1.71. The third kappa shape index (κ3) is 3.68. The summed E-state index contributed by atoms with van der Waals surface area (Å²) in [6, 6.07) is 14.6. The zero-order valence-corrected chi connectivity index (χ0v) is 11.8. The predicted molar refractivity (Wildman–Crippen MR) is 80.4 cm³/mol. The molecule has 0 saturated heterocycles. The normalized spacial score (nSPS) is 9.32. The van der Waals surface area contributed by atoms with Crippen molar-refractivity contribution in [3.63, 3.8) is 0 Å². The summed E-state index contributed by atoms with van der Waals surface area (Å²) in [5.41, 5.74) is 1.14. The van der Waals surface area contributed by atoms with Crippen LogP contribution < -0.4 is 0 Å². The van der Waals surface area contributed by atoms with Crippen molar-refractivity contribution in [1.82, 2.24) is 0 Å². The average molecular weight is 292 g/mol. The van der Waals surface area contributed by atoms with Crippen molar-refractivity contribution in [3.05, 3.63) is 71.3 Å². The van der Waals surface area contributed by atoms with Gasteiger partial charge in [0.05, 0.1) is 12.7 Å². The molecule has 0 bridgehead atoms. The molecule has 0 fully saturated rings. The second kappa shape index (κ2) is 7.00. The largest absolute Gasteiger partial charge is 0.465 e. The maximum absolute atomic E-state index is 11.9. The van der Waals surface area contributed by atoms with Gasteiger partial charge in [0.25, 0.3) is 5.78 Å². The Balaban J connectivity index is 2.13. The molecule has 108 valence electrons. The van der Waals surface area contributed by atoms with Crippen molar-refractivity contribution in [2.75, 3.05) is 7.11 Å². The minimum Gasteiger partial charge on any atom is -0.465 e. The van der Waals surface area contributed by atoms with Crippen LogP contribution in [0.2, 0.25) is 0 Å². The summed E-state index contributed by atoms with van der Waals surface area (Å²) in [5.74, 6) is 2.94. The SMILES string of the molecule is COC(=O)c1ccc(C(=O)C(=O)C#Cc2ccccc2)cc1. The predicted octanol–water partition coefficient (Wildman–Crippen LogP) is 2.28. The van der Waals surface area contributed by atoms with E-state index in [1.54, 1.807) is 24.3 Å². The summed E-state index contributed by atoms with van der Waals surface area (Å²) in [5, 5.41) is 0. The summed E-state index contributed by atoms with van der Waals surface area (Å²) in [6.45, 7) is 0. The highest BCUT2D eigenvalue weighted by Gasteiger charge is 2.14. The Bertz CT molecular complexity index is 762. The number of benzene rings is 2. The maximum atomic E-state index is 11.9. The van der Waals surface area contributed by atoms with E-state index in [-0.39, 0.29) is 5.56 Å². The molecule has 4 heteroatoms. The van der Waals surface area contributed by atoms with Crippen molar-refractivity contribution in [1.29, 1.82) is 0 Å². The lowest BCUT2D eigenvalue weighted by Crippen LogP contribution is -2.12. The van der Waals surface area contributed by atoms with Crippen molar-refractivity contribution >= 4 is 17.5 Å². The van der Waals surface area contributed by atoms with Gasteiger partial charge in [-0.1, -0.05) is 36.3 Å². The number of ketones is 2. The van der Waals surface area contributed by atoms with E-state index in [1.807, 2.05) is 6.07 Å². The number of Topliss-reactive ketones (excluding diaryl/α,β-unsaturated/α-hetero) is 2. The van der Waals surface area contributed by atoms with Gasteiger partial charge in [-0.15, -0.1) is 0 Å². The first-order chi connectivity index (χ1) is 10.6. The molecule has 2 aromatic carbocycles. The van der Waals surface area contributed by atoms with E-state index in [9.17, 15) is 14.4 Å². The molecule has 0 aliphatic heterocycles. The number of esters is 1. The van der Waals surface area contributed by atoms with Gasteiger partial charge in [-0.05, 0) is 30.2 Å². The molecule has 0 saturated carbocycles. The first kappa shape index (κ1) is 15.2. The molecular weight excluding hydrogens is 280 g/mol. The Morgan fingerprint density at radius 3 is 2.05 bits per heavy atom. The van der Waals surface area contributed by atoms with Gasteiger partial charge in [-0.3, -0.25) is 9.59 Å². The molecular formula is C18H12O4. The number of carbonyl (C=O) groups is 3. The van der Waals surface area contributed by atoms with Crippen molar-refractivity contribution in [2.24, 2.45) is 0 Å². The first-order valence-corrected chi connectivity index (χ1v) is 6.46. The third-order valence-corrected chi connectivity index (χ3v) is 2.87. The van der Waals surface area contributed by atoms with Crippen LogP contribution in [0.1, 0.15) is 26.3 Å². The van der Waals surface area contributed by atoms with Gasteiger partial charge in [0, 0.05) is 11.1 Å². The van der Waals surface area contributed by atoms with Gasteiger partial charge in [-0.25, -0.2) is 4.79 Å². The molecule has 0 spiro atoms. The molecule has 0 aromatic heterocycles. The molecule has 4 nitrogen and oxygen atoms in total. The Hall–Kier alpha value is -3.19.